The van der Waals surface area contributed by atoms with Gasteiger partial charge in [0, 0.05) is 13.1 Å². The molecule has 0 aromatic heterocycles. The summed E-state index contributed by atoms with van der Waals surface area (Å²) in [5, 5.41) is 2.78. The molecule has 102 valence electrons. The largest absolute Gasteiger partial charge is 0.390 e. The fourth-order valence-corrected chi connectivity index (χ4v) is 1.22. The normalized spacial score (nSPS) is 15.9. The van der Waals surface area contributed by atoms with E-state index >= 15 is 0 Å². The molecule has 0 aliphatic rings. The third kappa shape index (κ3) is 6.48. The Hall–Kier alpha value is -0.820. The number of likely N-dealkylation sites (N-methyl/N-ethyl adjacent to an activating group) is 1. The average molecular weight is 255 g/mol. The molecule has 0 aromatic rings. The highest BCUT2D eigenvalue weighted by atomic mass is 19.4. The van der Waals surface area contributed by atoms with E-state index < -0.39 is 24.0 Å². The Balaban J connectivity index is 4.06. The zero-order valence-corrected chi connectivity index (χ0v) is 10.4. The molecule has 0 saturated carbocycles. The van der Waals surface area contributed by atoms with Gasteiger partial charge in [-0.1, -0.05) is 0 Å². The zero-order chi connectivity index (χ0) is 13.7. The van der Waals surface area contributed by atoms with Crippen LogP contribution in [0.2, 0.25) is 0 Å². The summed E-state index contributed by atoms with van der Waals surface area (Å²) >= 11 is 0. The molecule has 0 aromatic carbocycles. The number of halogens is 3. The molecule has 0 fully saturated rings. The number of carbonyl (C=O) groups is 1. The summed E-state index contributed by atoms with van der Waals surface area (Å²) in [5.74, 6) is -0.510. The van der Waals surface area contributed by atoms with Gasteiger partial charge in [-0.15, -0.1) is 0 Å². The number of rotatable bonds is 7. The summed E-state index contributed by atoms with van der Waals surface area (Å²) in [6.45, 7) is 1.92. The Morgan fingerprint density at radius 2 is 1.76 bits per heavy atom. The predicted molar refractivity (Wildman–Crippen MR) is 59.4 cm³/mol. The van der Waals surface area contributed by atoms with Crippen LogP contribution in [-0.2, 0) is 4.79 Å². The van der Waals surface area contributed by atoms with Crippen molar-refractivity contribution in [3.05, 3.63) is 0 Å². The van der Waals surface area contributed by atoms with Gasteiger partial charge < -0.3 is 16.0 Å². The van der Waals surface area contributed by atoms with E-state index in [1.165, 1.54) is 4.90 Å². The molecule has 0 aliphatic heterocycles. The van der Waals surface area contributed by atoms with Crippen LogP contribution in [0.4, 0.5) is 13.2 Å². The van der Waals surface area contributed by atoms with E-state index in [1.54, 1.807) is 21.0 Å². The van der Waals surface area contributed by atoms with Crippen molar-refractivity contribution < 1.29 is 18.0 Å². The minimum Gasteiger partial charge on any atom is -0.368 e. The second kappa shape index (κ2) is 6.20. The summed E-state index contributed by atoms with van der Waals surface area (Å²) in [4.78, 5) is 12.7. The highest BCUT2D eigenvalue weighted by Crippen LogP contribution is 2.19. The molecule has 0 spiro atoms. The van der Waals surface area contributed by atoms with E-state index in [0.717, 1.165) is 0 Å². The molecule has 0 heterocycles. The number of nitrogens with one attached hydrogen (secondary N) is 1. The van der Waals surface area contributed by atoms with Crippen LogP contribution in [0.15, 0.2) is 0 Å². The Kier molecular flexibility index (Phi) is 5.91. The van der Waals surface area contributed by atoms with E-state index in [-0.39, 0.29) is 6.54 Å². The maximum absolute atomic E-state index is 12.0. The zero-order valence-electron chi connectivity index (χ0n) is 10.4. The second-order valence-corrected chi connectivity index (χ2v) is 4.36. The smallest absolute Gasteiger partial charge is 0.368 e. The third-order valence-corrected chi connectivity index (χ3v) is 2.87. The first-order chi connectivity index (χ1) is 7.60. The molecule has 1 unspecified atom stereocenters. The van der Waals surface area contributed by atoms with E-state index in [4.69, 9.17) is 5.73 Å². The number of amides is 1. The quantitative estimate of drug-likeness (QED) is 0.705. The fraction of sp³-hybridized carbons (Fsp3) is 0.900. The molecule has 1 atom stereocenters. The number of alkyl halides is 3. The van der Waals surface area contributed by atoms with Crippen LogP contribution in [0.25, 0.3) is 0 Å². The van der Waals surface area contributed by atoms with Crippen molar-refractivity contribution in [2.45, 2.75) is 31.5 Å². The summed E-state index contributed by atoms with van der Waals surface area (Å²) < 4.78 is 35.9. The summed E-state index contributed by atoms with van der Waals surface area (Å²) in [6, 6.07) is 0. The molecular formula is C10H20F3N3O. The van der Waals surface area contributed by atoms with Gasteiger partial charge in [-0.05, 0) is 27.4 Å². The van der Waals surface area contributed by atoms with Crippen molar-refractivity contribution >= 4 is 5.91 Å². The molecule has 0 bridgehead atoms. The van der Waals surface area contributed by atoms with Gasteiger partial charge >= 0.3 is 6.18 Å². The van der Waals surface area contributed by atoms with Gasteiger partial charge in [0.05, 0.1) is 12.0 Å². The van der Waals surface area contributed by atoms with E-state index in [2.05, 4.69) is 5.32 Å². The highest BCUT2D eigenvalue weighted by Gasteiger charge is 2.30. The van der Waals surface area contributed by atoms with Crippen molar-refractivity contribution in [2.75, 3.05) is 27.2 Å². The van der Waals surface area contributed by atoms with Gasteiger partial charge in [-0.3, -0.25) is 4.79 Å². The molecule has 1 amide bonds. The van der Waals surface area contributed by atoms with Crippen molar-refractivity contribution in [2.24, 2.45) is 5.73 Å². The minimum atomic E-state index is -4.15. The summed E-state index contributed by atoms with van der Waals surface area (Å²) in [7, 11) is 3.18. The number of nitrogens with zero attached hydrogens (tertiary/aromatic N) is 1. The molecule has 0 rings (SSSR count). The van der Waals surface area contributed by atoms with E-state index in [1.807, 2.05) is 0 Å². The topological polar surface area (TPSA) is 58.4 Å². The van der Waals surface area contributed by atoms with Crippen LogP contribution in [0.1, 0.15) is 19.8 Å². The van der Waals surface area contributed by atoms with Gasteiger partial charge in [-0.2, -0.15) is 13.2 Å². The van der Waals surface area contributed by atoms with Gasteiger partial charge in [-0.25, -0.2) is 0 Å². The number of primary amides is 1. The molecule has 4 nitrogen and oxygen atoms in total. The van der Waals surface area contributed by atoms with E-state index in [0.29, 0.717) is 13.0 Å². The fourth-order valence-electron chi connectivity index (χ4n) is 1.22. The molecule has 7 heteroatoms. The third-order valence-electron chi connectivity index (χ3n) is 2.87. The lowest BCUT2D eigenvalue weighted by atomic mass is 9.97. The van der Waals surface area contributed by atoms with Crippen molar-refractivity contribution in [3.8, 4) is 0 Å². The first-order valence-corrected chi connectivity index (χ1v) is 5.35. The first kappa shape index (κ1) is 16.2. The van der Waals surface area contributed by atoms with E-state index in [9.17, 15) is 18.0 Å². The SMILES string of the molecule is CNC(C)(CCN(C)CCC(F)(F)F)C(N)=O. The molecule has 0 saturated heterocycles. The van der Waals surface area contributed by atoms with Crippen molar-refractivity contribution in [1.82, 2.24) is 10.2 Å². The molecule has 0 aliphatic carbocycles. The molecule has 17 heavy (non-hydrogen) atoms. The van der Waals surface area contributed by atoms with Gasteiger partial charge in [0.25, 0.3) is 0 Å². The molecule has 0 radical (unpaired) electrons. The van der Waals surface area contributed by atoms with Gasteiger partial charge in [0.1, 0.15) is 0 Å². The Morgan fingerprint density at radius 1 is 1.29 bits per heavy atom. The highest BCUT2D eigenvalue weighted by molar-refractivity contribution is 5.84. The second-order valence-electron chi connectivity index (χ2n) is 4.36. The van der Waals surface area contributed by atoms with Crippen LogP contribution >= 0.6 is 0 Å². The maximum atomic E-state index is 12.0. The standard InChI is InChI=1S/C10H20F3N3O/c1-9(15-2,8(14)17)4-6-16(3)7-5-10(11,12)13/h15H,4-7H2,1-3H3,(H2,14,17). The Bertz CT molecular complexity index is 258. The van der Waals surface area contributed by atoms with Gasteiger partial charge in [0.15, 0.2) is 0 Å². The lowest BCUT2D eigenvalue weighted by Gasteiger charge is -2.28. The number of nitrogens with two attached hydrogens (primary N) is 1. The summed E-state index contributed by atoms with van der Waals surface area (Å²) in [5.41, 5.74) is 4.33. The van der Waals surface area contributed by atoms with Crippen molar-refractivity contribution in [1.29, 1.82) is 0 Å². The van der Waals surface area contributed by atoms with Gasteiger partial charge in [0.2, 0.25) is 5.91 Å². The molecular weight excluding hydrogens is 235 g/mol. The Labute approximate surface area is 99.3 Å². The average Bonchev–Trinajstić information content (AvgIpc) is 2.21. The summed E-state index contributed by atoms with van der Waals surface area (Å²) in [6.07, 6.45) is -4.63. The number of hydrogen-bond acceptors (Lipinski definition) is 3. The first-order valence-electron chi connectivity index (χ1n) is 5.35. The molecule has 3 N–H and O–H groups in total. The van der Waals surface area contributed by atoms with Crippen LogP contribution < -0.4 is 11.1 Å². The maximum Gasteiger partial charge on any atom is 0.390 e. The van der Waals surface area contributed by atoms with Crippen LogP contribution in [-0.4, -0.2) is 49.7 Å². The Morgan fingerprint density at radius 3 is 2.12 bits per heavy atom. The number of hydrogen-bond donors (Lipinski definition) is 2. The predicted octanol–water partition coefficient (Wildman–Crippen LogP) is 0.724. The lowest BCUT2D eigenvalue weighted by Crippen LogP contribution is -2.53. The van der Waals surface area contributed by atoms with Crippen LogP contribution in [0, 0.1) is 0 Å². The monoisotopic (exact) mass is 255 g/mol. The van der Waals surface area contributed by atoms with Crippen LogP contribution in [0.5, 0.6) is 0 Å². The number of carbonyl (C=O) groups excluding carboxylic acids is 1. The van der Waals surface area contributed by atoms with Crippen molar-refractivity contribution in [3.63, 3.8) is 0 Å². The lowest BCUT2D eigenvalue weighted by molar-refractivity contribution is -0.137. The van der Waals surface area contributed by atoms with Crippen LogP contribution in [0.3, 0.4) is 0 Å². The minimum absolute atomic E-state index is 0.0813.